The molecule has 4 heterocycles. The van der Waals surface area contributed by atoms with E-state index in [-0.39, 0.29) is 0 Å². The Morgan fingerprint density at radius 2 is 2.20 bits per heavy atom. The summed E-state index contributed by atoms with van der Waals surface area (Å²) in [5.41, 5.74) is 5.42. The van der Waals surface area contributed by atoms with E-state index in [1.165, 1.54) is 10.1 Å². The Kier molecular flexibility index (Phi) is 1.29. The Bertz CT molecular complexity index is 1090. The summed E-state index contributed by atoms with van der Waals surface area (Å²) in [4.78, 5) is 4.11. The van der Waals surface area contributed by atoms with Gasteiger partial charge in [-0.25, -0.2) is 4.57 Å². The van der Waals surface area contributed by atoms with Crippen molar-refractivity contribution >= 4 is 16.7 Å². The van der Waals surface area contributed by atoms with Gasteiger partial charge in [-0.05, 0) is 0 Å². The van der Waals surface area contributed by atoms with E-state index in [4.69, 9.17) is 4.11 Å². The zero-order valence-electron chi connectivity index (χ0n) is 13.6. The van der Waals surface area contributed by atoms with Crippen LogP contribution in [-0.2, 0) is 13.5 Å². The van der Waals surface area contributed by atoms with Crippen LogP contribution in [0, 0.1) is 0 Å². The maximum Gasteiger partial charge on any atom is 0.255 e. The highest BCUT2D eigenvalue weighted by Crippen LogP contribution is 2.32. The minimum Gasteiger partial charge on any atom is -0.303 e. The number of hydrogen-bond donors (Lipinski definition) is 0. The first-order valence-corrected chi connectivity index (χ1v) is 6.53. The summed E-state index contributed by atoms with van der Waals surface area (Å²) in [5.74, 6) is 0. The standard InChI is InChI=1S/C16H13N4/c1-18-14-8-17-7-6-13(14)20-10-19-9-11-4-2-3-5-12(11)15(19)16(18)20/h2-8,10H,9H2,1H3/q+1/i1D3. The molecule has 0 fully saturated rings. The second kappa shape index (κ2) is 3.28. The van der Waals surface area contributed by atoms with Gasteiger partial charge in [-0.15, -0.1) is 0 Å². The minimum absolute atomic E-state index is 0.621. The Balaban J connectivity index is 2.02. The lowest BCUT2D eigenvalue weighted by Crippen LogP contribution is -2.29. The Morgan fingerprint density at radius 3 is 3.15 bits per heavy atom. The summed E-state index contributed by atoms with van der Waals surface area (Å²) in [6.45, 7) is -1.50. The van der Waals surface area contributed by atoms with Gasteiger partial charge in [0.15, 0.2) is 5.52 Å². The first-order valence-electron chi connectivity index (χ1n) is 8.03. The van der Waals surface area contributed by atoms with E-state index in [0.29, 0.717) is 11.2 Å². The van der Waals surface area contributed by atoms with Gasteiger partial charge in [-0.3, -0.25) is 4.98 Å². The molecule has 20 heavy (non-hydrogen) atoms. The van der Waals surface area contributed by atoms with Crippen molar-refractivity contribution in [3.05, 3.63) is 54.6 Å². The molecule has 4 nitrogen and oxygen atoms in total. The number of nitrogens with zero attached hydrogens (tertiary/aromatic N) is 4. The van der Waals surface area contributed by atoms with Gasteiger partial charge in [0.05, 0.1) is 6.20 Å². The lowest BCUT2D eigenvalue weighted by molar-refractivity contribution is -0.671. The van der Waals surface area contributed by atoms with E-state index in [9.17, 15) is 0 Å². The molecule has 0 unspecified atom stereocenters. The molecule has 0 spiro atoms. The highest BCUT2D eigenvalue weighted by atomic mass is 15.2. The Labute approximate surface area is 119 Å². The van der Waals surface area contributed by atoms with E-state index in [1.807, 2.05) is 35.0 Å². The van der Waals surface area contributed by atoms with Crippen molar-refractivity contribution in [1.82, 2.24) is 14.0 Å². The predicted molar refractivity (Wildman–Crippen MR) is 76.4 cm³/mol. The lowest BCUT2D eigenvalue weighted by Gasteiger charge is -1.95. The molecule has 1 aliphatic rings. The molecule has 1 aliphatic heterocycles. The molecule has 0 saturated carbocycles. The molecule has 0 saturated heterocycles. The summed E-state index contributed by atoms with van der Waals surface area (Å²) >= 11 is 0. The molecule has 5 rings (SSSR count). The quantitative estimate of drug-likeness (QED) is 0.394. The van der Waals surface area contributed by atoms with Crippen LogP contribution in [0.4, 0.5) is 0 Å². The second-order valence-corrected chi connectivity index (χ2v) is 5.14. The smallest absolute Gasteiger partial charge is 0.255 e. The SMILES string of the molecule is [2H]C([2H])([2H])n1c2cnccc2n2c[n+]3c(c12)-c1ccccc1C3. The number of fused-ring (bicyclic) bond motifs is 7. The number of benzene rings is 1. The molecule has 96 valence electrons. The van der Waals surface area contributed by atoms with Crippen molar-refractivity contribution in [2.45, 2.75) is 6.54 Å². The van der Waals surface area contributed by atoms with Crippen molar-refractivity contribution < 1.29 is 8.68 Å². The summed E-state index contributed by atoms with van der Waals surface area (Å²) in [6.07, 6.45) is 5.29. The van der Waals surface area contributed by atoms with Gasteiger partial charge in [0.25, 0.3) is 12.0 Å². The Hall–Kier alpha value is -2.62. The summed E-state index contributed by atoms with van der Waals surface area (Å²) in [5, 5.41) is 0. The molecular weight excluding hydrogens is 248 g/mol. The number of aryl methyl sites for hydroxylation is 1. The van der Waals surface area contributed by atoms with E-state index in [1.54, 1.807) is 12.4 Å². The number of pyridine rings is 1. The van der Waals surface area contributed by atoms with Crippen LogP contribution in [0.2, 0.25) is 0 Å². The third-order valence-electron chi connectivity index (χ3n) is 4.09. The van der Waals surface area contributed by atoms with Gasteiger partial charge in [-0.2, -0.15) is 4.40 Å². The van der Waals surface area contributed by atoms with Gasteiger partial charge < -0.3 is 4.57 Å². The van der Waals surface area contributed by atoms with Crippen molar-refractivity contribution in [3.63, 3.8) is 0 Å². The molecule has 0 amide bonds. The zero-order chi connectivity index (χ0) is 15.8. The van der Waals surface area contributed by atoms with Crippen LogP contribution >= 0.6 is 0 Å². The molecule has 3 aromatic heterocycles. The van der Waals surface area contributed by atoms with Crippen molar-refractivity contribution in [1.29, 1.82) is 0 Å². The van der Waals surface area contributed by atoms with Crippen LogP contribution in [0.1, 0.15) is 9.68 Å². The largest absolute Gasteiger partial charge is 0.303 e. The summed E-state index contributed by atoms with van der Waals surface area (Å²) in [6, 6.07) is 9.99. The fourth-order valence-electron chi connectivity index (χ4n) is 3.22. The predicted octanol–water partition coefficient (Wildman–Crippen LogP) is 2.14. The van der Waals surface area contributed by atoms with Gasteiger partial charge in [0.1, 0.15) is 12.1 Å². The molecule has 0 bridgehead atoms. The molecule has 0 atom stereocenters. The molecule has 0 radical (unpaired) electrons. The number of imidazole rings is 2. The monoisotopic (exact) mass is 264 g/mol. The van der Waals surface area contributed by atoms with Gasteiger partial charge in [-0.1, -0.05) is 24.3 Å². The third-order valence-corrected chi connectivity index (χ3v) is 4.09. The van der Waals surface area contributed by atoms with E-state index < -0.39 is 6.98 Å². The summed E-state index contributed by atoms with van der Waals surface area (Å²) in [7, 11) is 0. The number of hydrogen-bond acceptors (Lipinski definition) is 1. The van der Waals surface area contributed by atoms with Crippen LogP contribution in [0.25, 0.3) is 27.9 Å². The number of rotatable bonds is 0. The van der Waals surface area contributed by atoms with Crippen molar-refractivity contribution in [2.24, 2.45) is 6.98 Å². The zero-order valence-corrected chi connectivity index (χ0v) is 10.6. The summed E-state index contributed by atoms with van der Waals surface area (Å²) < 4.78 is 29.4. The normalized spacial score (nSPS) is 15.9. The van der Waals surface area contributed by atoms with Crippen molar-refractivity contribution in [2.75, 3.05) is 0 Å². The second-order valence-electron chi connectivity index (χ2n) is 5.14. The van der Waals surface area contributed by atoms with Gasteiger partial charge >= 0.3 is 0 Å². The first-order chi connectivity index (χ1) is 11.1. The first kappa shape index (κ1) is 7.85. The minimum atomic E-state index is -2.27. The van der Waals surface area contributed by atoms with Crippen molar-refractivity contribution in [3.8, 4) is 11.3 Å². The van der Waals surface area contributed by atoms with Crippen LogP contribution in [0.15, 0.2) is 49.1 Å². The Morgan fingerprint density at radius 1 is 1.25 bits per heavy atom. The van der Waals surface area contributed by atoms with Gasteiger partial charge in [0.2, 0.25) is 5.69 Å². The maximum absolute atomic E-state index is 7.99. The van der Waals surface area contributed by atoms with Crippen LogP contribution in [0.3, 0.4) is 0 Å². The molecule has 4 aromatic rings. The lowest BCUT2D eigenvalue weighted by atomic mass is 10.1. The highest BCUT2D eigenvalue weighted by Gasteiger charge is 2.31. The molecule has 0 N–H and O–H groups in total. The molecule has 4 heteroatoms. The van der Waals surface area contributed by atoms with E-state index >= 15 is 0 Å². The third kappa shape index (κ3) is 1.04. The fraction of sp³-hybridized carbons (Fsp3) is 0.125. The molecular formula is C16H13N4+. The maximum atomic E-state index is 7.99. The number of aromatic nitrogens is 4. The van der Waals surface area contributed by atoms with Crippen LogP contribution in [-0.4, -0.2) is 14.0 Å². The average Bonchev–Trinajstić information content (AvgIpc) is 3.12. The van der Waals surface area contributed by atoms with E-state index in [2.05, 4.69) is 15.6 Å². The highest BCUT2D eigenvalue weighted by molar-refractivity contribution is 5.87. The van der Waals surface area contributed by atoms with Gasteiger partial charge in [0, 0.05) is 34.5 Å². The molecule has 0 aliphatic carbocycles. The van der Waals surface area contributed by atoms with E-state index in [0.717, 1.165) is 23.3 Å². The van der Waals surface area contributed by atoms with Crippen LogP contribution in [0.5, 0.6) is 0 Å². The van der Waals surface area contributed by atoms with Crippen LogP contribution < -0.4 is 4.57 Å². The topological polar surface area (TPSA) is 26.1 Å². The molecule has 1 aromatic carbocycles. The average molecular weight is 264 g/mol. The fourth-order valence-corrected chi connectivity index (χ4v) is 3.22.